The molecule has 0 aliphatic rings. The lowest BCUT2D eigenvalue weighted by atomic mass is 10.2. The molecule has 0 bridgehead atoms. The Morgan fingerprint density at radius 3 is 2.82 bits per heavy atom. The summed E-state index contributed by atoms with van der Waals surface area (Å²) in [5.41, 5.74) is 1.02. The summed E-state index contributed by atoms with van der Waals surface area (Å²) in [5, 5.41) is 10.1. The van der Waals surface area contributed by atoms with Crippen molar-refractivity contribution in [2.45, 2.75) is 26.4 Å². The Bertz CT molecular complexity index is 876. The van der Waals surface area contributed by atoms with E-state index in [4.69, 9.17) is 8.83 Å². The average Bonchev–Trinajstić information content (AvgIpc) is 3.06. The third-order valence-electron chi connectivity index (χ3n) is 3.27. The zero-order chi connectivity index (χ0) is 15.7. The van der Waals surface area contributed by atoms with Crippen molar-refractivity contribution in [1.82, 2.24) is 20.1 Å². The molecule has 0 saturated heterocycles. The van der Waals surface area contributed by atoms with E-state index < -0.39 is 11.8 Å². The summed E-state index contributed by atoms with van der Waals surface area (Å²) in [4.78, 5) is 24.2. The molecule has 8 nitrogen and oxygen atoms in total. The molecule has 1 aromatic carbocycles. The van der Waals surface area contributed by atoms with Gasteiger partial charge in [-0.2, -0.15) is 0 Å². The highest BCUT2D eigenvalue weighted by Crippen LogP contribution is 2.16. The predicted molar refractivity (Wildman–Crippen MR) is 76.1 cm³/mol. The number of carbonyl (C=O) groups is 1. The van der Waals surface area contributed by atoms with Gasteiger partial charge in [0.1, 0.15) is 6.04 Å². The molecular weight excluding hydrogens is 288 g/mol. The maximum absolute atomic E-state index is 12.2. The fourth-order valence-electron chi connectivity index (χ4n) is 2.19. The molecule has 0 radical (unpaired) electrons. The van der Waals surface area contributed by atoms with Crippen LogP contribution in [0.1, 0.15) is 24.7 Å². The number of rotatable bonds is 4. The molecular formula is C14H14N4O4. The van der Waals surface area contributed by atoms with Crippen LogP contribution < -0.4 is 11.1 Å². The van der Waals surface area contributed by atoms with Gasteiger partial charge < -0.3 is 14.2 Å². The lowest BCUT2D eigenvalue weighted by Crippen LogP contribution is -2.34. The first kappa shape index (κ1) is 14.1. The van der Waals surface area contributed by atoms with Gasteiger partial charge in [0, 0.05) is 6.92 Å². The summed E-state index contributed by atoms with van der Waals surface area (Å²) < 4.78 is 11.6. The number of fused-ring (bicyclic) bond motifs is 1. The maximum Gasteiger partial charge on any atom is 0.420 e. The summed E-state index contributed by atoms with van der Waals surface area (Å²) in [6.45, 7) is 3.39. The van der Waals surface area contributed by atoms with E-state index in [-0.39, 0.29) is 12.5 Å². The number of hydrogen-bond donors (Lipinski definition) is 1. The van der Waals surface area contributed by atoms with Crippen molar-refractivity contribution in [1.29, 1.82) is 0 Å². The number of oxazole rings is 1. The van der Waals surface area contributed by atoms with E-state index in [9.17, 15) is 9.59 Å². The highest BCUT2D eigenvalue weighted by molar-refractivity contribution is 5.82. The fraction of sp³-hybridized carbons (Fsp3) is 0.286. The van der Waals surface area contributed by atoms with E-state index >= 15 is 0 Å². The first-order valence-corrected chi connectivity index (χ1v) is 6.73. The lowest BCUT2D eigenvalue weighted by Gasteiger charge is -2.12. The number of carbonyl (C=O) groups excluding carboxylic acids is 1. The van der Waals surface area contributed by atoms with Crippen LogP contribution >= 0.6 is 0 Å². The molecule has 2 aromatic heterocycles. The van der Waals surface area contributed by atoms with E-state index in [2.05, 4.69) is 15.5 Å². The number of benzene rings is 1. The van der Waals surface area contributed by atoms with Crippen LogP contribution in [0.4, 0.5) is 0 Å². The number of amides is 1. The second-order valence-electron chi connectivity index (χ2n) is 4.81. The van der Waals surface area contributed by atoms with Gasteiger partial charge in [-0.15, -0.1) is 10.2 Å². The van der Waals surface area contributed by atoms with E-state index in [1.54, 1.807) is 38.1 Å². The quantitative estimate of drug-likeness (QED) is 0.775. The standard InChI is InChI=1S/C14H14N4O4/c1-8(13(19)15-7-12-17-16-9(2)21-12)18-10-5-3-4-6-11(10)22-14(18)20/h3-6,8H,7H2,1-2H3,(H,15,19)/t8-/m1/s1. The molecule has 22 heavy (non-hydrogen) atoms. The number of aryl methyl sites for hydroxylation is 1. The van der Waals surface area contributed by atoms with Crippen LogP contribution in [0.25, 0.3) is 11.1 Å². The van der Waals surface area contributed by atoms with Crippen molar-refractivity contribution in [2.75, 3.05) is 0 Å². The zero-order valence-corrected chi connectivity index (χ0v) is 12.1. The fourth-order valence-corrected chi connectivity index (χ4v) is 2.19. The van der Waals surface area contributed by atoms with Gasteiger partial charge in [0.05, 0.1) is 12.1 Å². The molecule has 8 heteroatoms. The molecule has 114 valence electrons. The summed E-state index contributed by atoms with van der Waals surface area (Å²) in [6, 6.07) is 6.22. The normalized spacial score (nSPS) is 12.5. The average molecular weight is 302 g/mol. The van der Waals surface area contributed by atoms with Crippen LogP contribution in [0, 0.1) is 6.92 Å². The predicted octanol–water partition coefficient (Wildman–Crippen LogP) is 1.16. The number of aromatic nitrogens is 3. The Morgan fingerprint density at radius 1 is 1.32 bits per heavy atom. The van der Waals surface area contributed by atoms with Crippen LogP contribution in [-0.2, 0) is 11.3 Å². The van der Waals surface area contributed by atoms with Crippen molar-refractivity contribution < 1.29 is 13.6 Å². The van der Waals surface area contributed by atoms with Crippen molar-refractivity contribution in [3.63, 3.8) is 0 Å². The molecule has 1 amide bonds. The Morgan fingerprint density at radius 2 is 2.09 bits per heavy atom. The van der Waals surface area contributed by atoms with E-state index in [0.29, 0.717) is 22.9 Å². The number of hydrogen-bond acceptors (Lipinski definition) is 6. The highest BCUT2D eigenvalue weighted by atomic mass is 16.4. The van der Waals surface area contributed by atoms with Crippen molar-refractivity contribution >= 4 is 17.0 Å². The summed E-state index contributed by atoms with van der Waals surface area (Å²) in [7, 11) is 0. The zero-order valence-electron chi connectivity index (χ0n) is 12.1. The summed E-state index contributed by atoms with van der Waals surface area (Å²) in [5.74, 6) is -0.182. The molecule has 3 rings (SSSR count). The first-order valence-electron chi connectivity index (χ1n) is 6.73. The highest BCUT2D eigenvalue weighted by Gasteiger charge is 2.21. The van der Waals surface area contributed by atoms with E-state index in [1.165, 1.54) is 4.57 Å². The second kappa shape index (κ2) is 5.47. The first-order chi connectivity index (χ1) is 10.6. The van der Waals surface area contributed by atoms with Gasteiger partial charge in [0.2, 0.25) is 17.7 Å². The minimum absolute atomic E-state index is 0.106. The number of para-hydroxylation sites is 2. The number of nitrogens with one attached hydrogen (secondary N) is 1. The Labute approximate surface area is 124 Å². The lowest BCUT2D eigenvalue weighted by molar-refractivity contribution is -0.124. The van der Waals surface area contributed by atoms with Crippen molar-refractivity contribution in [3.05, 3.63) is 46.6 Å². The van der Waals surface area contributed by atoms with Crippen LogP contribution in [0.3, 0.4) is 0 Å². The Kier molecular flexibility index (Phi) is 3.50. The van der Waals surface area contributed by atoms with Crippen LogP contribution in [0.5, 0.6) is 0 Å². The largest absolute Gasteiger partial charge is 0.424 e. The molecule has 1 N–H and O–H groups in total. The van der Waals surface area contributed by atoms with Gasteiger partial charge in [-0.3, -0.25) is 9.36 Å². The second-order valence-corrected chi connectivity index (χ2v) is 4.81. The Hall–Kier alpha value is -2.90. The molecule has 0 fully saturated rings. The van der Waals surface area contributed by atoms with Gasteiger partial charge in [-0.25, -0.2) is 4.79 Å². The van der Waals surface area contributed by atoms with Gasteiger partial charge in [0.25, 0.3) is 0 Å². The summed E-state index contributed by atoms with van der Waals surface area (Å²) >= 11 is 0. The van der Waals surface area contributed by atoms with Crippen LogP contribution in [0.2, 0.25) is 0 Å². The van der Waals surface area contributed by atoms with Crippen LogP contribution in [0.15, 0.2) is 37.9 Å². The monoisotopic (exact) mass is 302 g/mol. The third-order valence-corrected chi connectivity index (χ3v) is 3.27. The number of nitrogens with zero attached hydrogens (tertiary/aromatic N) is 3. The van der Waals surface area contributed by atoms with Crippen molar-refractivity contribution in [3.8, 4) is 0 Å². The topological polar surface area (TPSA) is 103 Å². The molecule has 2 heterocycles. The van der Waals surface area contributed by atoms with Gasteiger partial charge in [-0.05, 0) is 19.1 Å². The molecule has 0 unspecified atom stereocenters. The van der Waals surface area contributed by atoms with Gasteiger partial charge in [-0.1, -0.05) is 12.1 Å². The third kappa shape index (κ3) is 2.50. The van der Waals surface area contributed by atoms with E-state index in [1.807, 2.05) is 0 Å². The van der Waals surface area contributed by atoms with Crippen molar-refractivity contribution in [2.24, 2.45) is 0 Å². The maximum atomic E-state index is 12.2. The molecule has 3 aromatic rings. The van der Waals surface area contributed by atoms with Gasteiger partial charge in [0.15, 0.2) is 5.58 Å². The minimum atomic E-state index is -0.722. The van der Waals surface area contributed by atoms with Gasteiger partial charge >= 0.3 is 5.76 Å². The molecule has 0 aliphatic carbocycles. The van der Waals surface area contributed by atoms with Crippen LogP contribution in [-0.4, -0.2) is 20.7 Å². The molecule has 0 saturated carbocycles. The SMILES string of the molecule is Cc1nnc(CNC(=O)[C@@H](C)n2c(=O)oc3ccccc32)o1. The minimum Gasteiger partial charge on any atom is -0.424 e. The molecule has 0 spiro atoms. The molecule has 0 aliphatic heterocycles. The molecule has 1 atom stereocenters. The smallest absolute Gasteiger partial charge is 0.420 e. The summed E-state index contributed by atoms with van der Waals surface area (Å²) in [6.07, 6.45) is 0. The van der Waals surface area contributed by atoms with E-state index in [0.717, 1.165) is 0 Å². The Balaban J connectivity index is 1.80.